The number of anilines is 1. The van der Waals surface area contributed by atoms with Crippen molar-refractivity contribution >= 4 is 34.9 Å². The van der Waals surface area contributed by atoms with Gasteiger partial charge in [0.15, 0.2) is 5.11 Å². The molecular weight excluding hydrogens is 364 g/mol. The Morgan fingerprint density at radius 1 is 1.00 bits per heavy atom. The van der Waals surface area contributed by atoms with E-state index in [2.05, 4.69) is 29.2 Å². The third-order valence-corrected chi connectivity index (χ3v) is 3.69. The van der Waals surface area contributed by atoms with Gasteiger partial charge in [0.1, 0.15) is 5.75 Å². The second kappa shape index (κ2) is 9.68. The van der Waals surface area contributed by atoms with Crippen LogP contribution in [0.4, 0.5) is 5.69 Å². The van der Waals surface area contributed by atoms with Gasteiger partial charge < -0.3 is 14.8 Å². The van der Waals surface area contributed by atoms with Crippen molar-refractivity contribution in [2.45, 2.75) is 13.8 Å². The van der Waals surface area contributed by atoms with Gasteiger partial charge in [0.25, 0.3) is 5.91 Å². The number of hydrogen-bond acceptors (Lipinski definition) is 5. The number of amides is 1. The smallest absolute Gasteiger partial charge is 0.337 e. The molecule has 1 amide bonds. The summed E-state index contributed by atoms with van der Waals surface area (Å²) in [6.45, 7) is 4.82. The molecule has 2 aromatic rings. The van der Waals surface area contributed by atoms with Gasteiger partial charge in [0.2, 0.25) is 0 Å². The fourth-order valence-electron chi connectivity index (χ4n) is 2.11. The Morgan fingerprint density at radius 2 is 1.59 bits per heavy atom. The molecule has 6 nitrogen and oxygen atoms in total. The van der Waals surface area contributed by atoms with E-state index in [1.807, 2.05) is 24.3 Å². The highest BCUT2D eigenvalue weighted by Gasteiger charge is 2.10. The van der Waals surface area contributed by atoms with Crippen LogP contribution >= 0.6 is 12.2 Å². The van der Waals surface area contributed by atoms with Crippen molar-refractivity contribution in [1.29, 1.82) is 0 Å². The summed E-state index contributed by atoms with van der Waals surface area (Å²) in [5.41, 5.74) is 1.48. The number of rotatable bonds is 6. The van der Waals surface area contributed by atoms with Crippen molar-refractivity contribution in [3.63, 3.8) is 0 Å². The van der Waals surface area contributed by atoms with E-state index in [0.29, 0.717) is 23.7 Å². The molecule has 0 unspecified atom stereocenters. The molecule has 0 saturated carbocycles. The number of benzene rings is 2. The Balaban J connectivity index is 1.89. The molecule has 0 atom stereocenters. The lowest BCUT2D eigenvalue weighted by atomic mass is 10.1. The molecule has 0 spiro atoms. The lowest BCUT2D eigenvalue weighted by Crippen LogP contribution is -2.34. The Bertz CT molecular complexity index is 802. The van der Waals surface area contributed by atoms with E-state index in [1.54, 1.807) is 0 Å². The minimum absolute atomic E-state index is 0.174. The molecule has 0 radical (unpaired) electrons. The maximum absolute atomic E-state index is 12.2. The molecule has 0 saturated heterocycles. The normalized spacial score (nSPS) is 10.2. The second-order valence-corrected chi connectivity index (χ2v) is 6.61. The zero-order valence-electron chi connectivity index (χ0n) is 15.4. The monoisotopic (exact) mass is 386 g/mol. The van der Waals surface area contributed by atoms with E-state index in [1.165, 1.54) is 31.4 Å². The first kappa shape index (κ1) is 20.4. The quantitative estimate of drug-likeness (QED) is 0.583. The standard InChI is InChI=1S/C20H22N2O4S/c1-13(2)12-26-17-10-8-16(9-11-17)21-20(27)22-18(23)14-4-6-15(7-5-14)19(24)25-3/h4-11,13H,12H2,1-3H3,(H2,21,22,23,27). The molecule has 0 aromatic heterocycles. The van der Waals surface area contributed by atoms with Crippen LogP contribution in [0.2, 0.25) is 0 Å². The molecule has 2 aromatic carbocycles. The topological polar surface area (TPSA) is 76.7 Å². The third kappa shape index (κ3) is 6.38. The van der Waals surface area contributed by atoms with Crippen molar-refractivity contribution in [1.82, 2.24) is 5.32 Å². The zero-order valence-corrected chi connectivity index (χ0v) is 16.3. The Kier molecular flexibility index (Phi) is 7.31. The molecule has 27 heavy (non-hydrogen) atoms. The van der Waals surface area contributed by atoms with Gasteiger partial charge in [-0.15, -0.1) is 0 Å². The molecule has 0 bridgehead atoms. The molecule has 0 aliphatic heterocycles. The summed E-state index contributed by atoms with van der Waals surface area (Å²) in [5.74, 6) is 0.392. The maximum Gasteiger partial charge on any atom is 0.337 e. The third-order valence-electron chi connectivity index (χ3n) is 3.49. The van der Waals surface area contributed by atoms with Crippen molar-refractivity contribution in [3.8, 4) is 5.75 Å². The van der Waals surface area contributed by atoms with Gasteiger partial charge in [-0.3, -0.25) is 10.1 Å². The number of methoxy groups -OCH3 is 1. The summed E-state index contributed by atoms with van der Waals surface area (Å²) >= 11 is 5.17. The van der Waals surface area contributed by atoms with Crippen molar-refractivity contribution in [2.75, 3.05) is 19.0 Å². The predicted octanol–water partition coefficient (Wildman–Crippen LogP) is 3.63. The number of thiocarbonyl (C=S) groups is 1. The Morgan fingerprint density at radius 3 is 2.15 bits per heavy atom. The lowest BCUT2D eigenvalue weighted by molar-refractivity contribution is 0.0600. The number of carbonyl (C=O) groups is 2. The molecule has 0 aliphatic carbocycles. The summed E-state index contributed by atoms with van der Waals surface area (Å²) in [6, 6.07) is 13.4. The number of carbonyl (C=O) groups excluding carboxylic acids is 2. The van der Waals surface area contributed by atoms with Gasteiger partial charge in [0, 0.05) is 11.3 Å². The van der Waals surface area contributed by atoms with E-state index in [-0.39, 0.29) is 11.0 Å². The number of ether oxygens (including phenoxy) is 2. The average molecular weight is 386 g/mol. The van der Waals surface area contributed by atoms with Crippen LogP contribution in [0.3, 0.4) is 0 Å². The second-order valence-electron chi connectivity index (χ2n) is 6.21. The zero-order chi connectivity index (χ0) is 19.8. The molecular formula is C20H22N2O4S. The summed E-state index contributed by atoms with van der Waals surface area (Å²) in [4.78, 5) is 23.6. The highest BCUT2D eigenvalue weighted by Crippen LogP contribution is 2.16. The van der Waals surface area contributed by atoms with Gasteiger partial charge in [-0.2, -0.15) is 0 Å². The van der Waals surface area contributed by atoms with Crippen LogP contribution in [-0.2, 0) is 4.74 Å². The molecule has 0 heterocycles. The first-order chi connectivity index (χ1) is 12.9. The molecule has 142 valence electrons. The van der Waals surface area contributed by atoms with E-state index in [9.17, 15) is 9.59 Å². The Hall–Kier alpha value is -2.93. The maximum atomic E-state index is 12.2. The predicted molar refractivity (Wildman–Crippen MR) is 108 cm³/mol. The summed E-state index contributed by atoms with van der Waals surface area (Å²) < 4.78 is 10.2. The van der Waals surface area contributed by atoms with Crippen LogP contribution in [0, 0.1) is 5.92 Å². The van der Waals surface area contributed by atoms with E-state index in [4.69, 9.17) is 17.0 Å². The van der Waals surface area contributed by atoms with Crippen LogP contribution in [0.1, 0.15) is 34.6 Å². The van der Waals surface area contributed by atoms with Gasteiger partial charge in [0.05, 0.1) is 19.3 Å². The largest absolute Gasteiger partial charge is 0.493 e. The van der Waals surface area contributed by atoms with E-state index < -0.39 is 5.97 Å². The lowest BCUT2D eigenvalue weighted by Gasteiger charge is -2.12. The highest BCUT2D eigenvalue weighted by atomic mass is 32.1. The SMILES string of the molecule is COC(=O)c1ccc(C(=O)NC(=S)Nc2ccc(OCC(C)C)cc2)cc1. The Labute approximate surface area is 163 Å². The van der Waals surface area contributed by atoms with Gasteiger partial charge >= 0.3 is 5.97 Å². The van der Waals surface area contributed by atoms with Crippen LogP contribution in [-0.4, -0.2) is 30.7 Å². The first-order valence-electron chi connectivity index (χ1n) is 8.42. The molecule has 0 aliphatic rings. The van der Waals surface area contributed by atoms with Gasteiger partial charge in [-0.25, -0.2) is 4.79 Å². The van der Waals surface area contributed by atoms with Crippen molar-refractivity contribution in [2.24, 2.45) is 5.92 Å². The fourth-order valence-corrected chi connectivity index (χ4v) is 2.32. The molecule has 0 fully saturated rings. The summed E-state index contributed by atoms with van der Waals surface area (Å²) in [5, 5.41) is 5.71. The first-order valence-corrected chi connectivity index (χ1v) is 8.83. The summed E-state index contributed by atoms with van der Waals surface area (Å²) in [6.07, 6.45) is 0. The minimum atomic E-state index is -0.458. The highest BCUT2D eigenvalue weighted by molar-refractivity contribution is 7.80. The number of hydrogen-bond donors (Lipinski definition) is 2. The molecule has 2 rings (SSSR count). The van der Waals surface area contributed by atoms with Crippen molar-refractivity contribution < 1.29 is 19.1 Å². The fraction of sp³-hybridized carbons (Fsp3) is 0.250. The van der Waals surface area contributed by atoms with Crippen LogP contribution < -0.4 is 15.4 Å². The number of nitrogens with one attached hydrogen (secondary N) is 2. The van der Waals surface area contributed by atoms with Crippen molar-refractivity contribution in [3.05, 3.63) is 59.7 Å². The van der Waals surface area contributed by atoms with Gasteiger partial charge in [-0.1, -0.05) is 13.8 Å². The van der Waals surface area contributed by atoms with Crippen LogP contribution in [0.25, 0.3) is 0 Å². The van der Waals surface area contributed by atoms with Gasteiger partial charge in [-0.05, 0) is 66.7 Å². The average Bonchev–Trinajstić information content (AvgIpc) is 2.66. The molecule has 2 N–H and O–H groups in total. The molecule has 7 heteroatoms. The van der Waals surface area contributed by atoms with Crippen LogP contribution in [0.5, 0.6) is 5.75 Å². The summed E-state index contributed by atoms with van der Waals surface area (Å²) in [7, 11) is 1.30. The van der Waals surface area contributed by atoms with E-state index in [0.717, 1.165) is 11.4 Å². The number of esters is 1. The minimum Gasteiger partial charge on any atom is -0.493 e. The van der Waals surface area contributed by atoms with E-state index >= 15 is 0 Å². The van der Waals surface area contributed by atoms with Crippen LogP contribution in [0.15, 0.2) is 48.5 Å².